The lowest BCUT2D eigenvalue weighted by atomic mass is 10.1. The number of halogens is 1. The van der Waals surface area contributed by atoms with Crippen molar-refractivity contribution in [3.05, 3.63) is 58.6 Å². The molecular weight excluding hydrogens is 310 g/mol. The third-order valence-electron chi connectivity index (χ3n) is 2.98. The Labute approximate surface area is 128 Å². The summed E-state index contributed by atoms with van der Waals surface area (Å²) in [6, 6.07) is 10.9. The lowest BCUT2D eigenvalue weighted by Crippen LogP contribution is -2.14. The molecule has 0 amide bonds. The highest BCUT2D eigenvalue weighted by atomic mass is 35.5. The molecule has 2 rings (SSSR count). The average Bonchev–Trinajstić information content (AvgIpc) is 2.41. The van der Waals surface area contributed by atoms with E-state index in [0.29, 0.717) is 21.8 Å². The number of carbonyl (C=O) groups excluding carboxylic acids is 1. The van der Waals surface area contributed by atoms with Gasteiger partial charge in [0.1, 0.15) is 0 Å². The highest BCUT2D eigenvalue weighted by Gasteiger charge is 2.17. The zero-order chi connectivity index (χ0) is 15.6. The molecule has 0 aliphatic heterocycles. The first-order valence-corrected chi connectivity index (χ1v) is 8.06. The topological polar surface area (TPSA) is 63.2 Å². The highest BCUT2D eigenvalue weighted by molar-refractivity contribution is 7.92. The predicted molar refractivity (Wildman–Crippen MR) is 83.4 cm³/mol. The molecule has 0 aromatic heterocycles. The Morgan fingerprint density at radius 3 is 2.29 bits per heavy atom. The van der Waals surface area contributed by atoms with Crippen LogP contribution >= 0.6 is 11.6 Å². The van der Waals surface area contributed by atoms with Crippen molar-refractivity contribution >= 4 is 33.1 Å². The van der Waals surface area contributed by atoms with E-state index in [-0.39, 0.29) is 10.7 Å². The molecule has 0 radical (unpaired) electrons. The predicted octanol–water partition coefficient (Wildman–Crippen LogP) is 3.65. The van der Waals surface area contributed by atoms with E-state index >= 15 is 0 Å². The number of anilines is 1. The first-order chi connectivity index (χ1) is 9.79. The van der Waals surface area contributed by atoms with Gasteiger partial charge >= 0.3 is 0 Å². The standard InChI is InChI=1S/C15H14ClNO3S/c1-10-3-6-13(16)9-15(10)21(19,20)17-14-7-4-12(5-8-14)11(2)18/h3-9,17H,1-2H3. The fraction of sp³-hybridized carbons (Fsp3) is 0.133. The number of carbonyl (C=O) groups is 1. The van der Waals surface area contributed by atoms with E-state index in [2.05, 4.69) is 4.72 Å². The Morgan fingerprint density at radius 2 is 1.71 bits per heavy atom. The number of Topliss-reactive ketones (excluding diaryl/α,β-unsaturated/α-hetero) is 1. The molecule has 4 nitrogen and oxygen atoms in total. The summed E-state index contributed by atoms with van der Waals surface area (Å²) in [6.45, 7) is 3.15. The van der Waals surface area contributed by atoms with Gasteiger partial charge in [-0.1, -0.05) is 17.7 Å². The number of rotatable bonds is 4. The van der Waals surface area contributed by atoms with Crippen molar-refractivity contribution in [1.82, 2.24) is 0 Å². The van der Waals surface area contributed by atoms with Crippen LogP contribution in [0.5, 0.6) is 0 Å². The van der Waals surface area contributed by atoms with Crippen LogP contribution < -0.4 is 4.72 Å². The molecule has 0 spiro atoms. The number of sulfonamides is 1. The van der Waals surface area contributed by atoms with E-state index in [1.54, 1.807) is 43.3 Å². The Balaban J connectivity index is 2.33. The van der Waals surface area contributed by atoms with E-state index < -0.39 is 10.0 Å². The summed E-state index contributed by atoms with van der Waals surface area (Å²) in [5, 5.41) is 0.355. The van der Waals surface area contributed by atoms with Gasteiger partial charge in [-0.3, -0.25) is 9.52 Å². The molecule has 21 heavy (non-hydrogen) atoms. The fourth-order valence-electron chi connectivity index (χ4n) is 1.85. The monoisotopic (exact) mass is 323 g/mol. The van der Waals surface area contributed by atoms with Crippen LogP contribution in [0.15, 0.2) is 47.4 Å². The summed E-state index contributed by atoms with van der Waals surface area (Å²) in [6.07, 6.45) is 0. The van der Waals surface area contributed by atoms with Crippen molar-refractivity contribution < 1.29 is 13.2 Å². The molecule has 2 aromatic rings. The van der Waals surface area contributed by atoms with Gasteiger partial charge in [-0.2, -0.15) is 0 Å². The molecule has 0 fully saturated rings. The first-order valence-electron chi connectivity index (χ1n) is 6.19. The van der Waals surface area contributed by atoms with Crippen LogP contribution in [-0.4, -0.2) is 14.2 Å². The van der Waals surface area contributed by atoms with Gasteiger partial charge in [-0.25, -0.2) is 8.42 Å². The van der Waals surface area contributed by atoms with E-state index in [1.807, 2.05) is 0 Å². The van der Waals surface area contributed by atoms with Crippen LogP contribution in [0.25, 0.3) is 0 Å². The minimum atomic E-state index is -3.72. The van der Waals surface area contributed by atoms with Crippen LogP contribution in [0, 0.1) is 6.92 Å². The Kier molecular flexibility index (Phi) is 4.34. The second-order valence-corrected chi connectivity index (χ2v) is 6.74. The van der Waals surface area contributed by atoms with Crippen LogP contribution in [0.4, 0.5) is 5.69 Å². The summed E-state index contributed by atoms with van der Waals surface area (Å²) < 4.78 is 27.2. The maximum atomic E-state index is 12.4. The van der Waals surface area contributed by atoms with Gasteiger partial charge in [0, 0.05) is 16.3 Å². The van der Waals surface area contributed by atoms with Crippen molar-refractivity contribution in [1.29, 1.82) is 0 Å². The van der Waals surface area contributed by atoms with Crippen LogP contribution in [-0.2, 0) is 10.0 Å². The first kappa shape index (κ1) is 15.5. The van der Waals surface area contributed by atoms with E-state index in [0.717, 1.165) is 0 Å². The van der Waals surface area contributed by atoms with Crippen LogP contribution in [0.3, 0.4) is 0 Å². The summed E-state index contributed by atoms with van der Waals surface area (Å²) in [4.78, 5) is 11.3. The van der Waals surface area contributed by atoms with Gasteiger partial charge in [0.25, 0.3) is 10.0 Å². The zero-order valence-electron chi connectivity index (χ0n) is 11.6. The Hall–Kier alpha value is -1.85. The van der Waals surface area contributed by atoms with E-state index in [4.69, 9.17) is 11.6 Å². The molecule has 2 aromatic carbocycles. The van der Waals surface area contributed by atoms with Gasteiger partial charge in [0.15, 0.2) is 5.78 Å². The van der Waals surface area contributed by atoms with E-state index in [1.165, 1.54) is 13.0 Å². The third-order valence-corrected chi connectivity index (χ3v) is 4.74. The molecule has 0 aliphatic carbocycles. The highest BCUT2D eigenvalue weighted by Crippen LogP contribution is 2.23. The van der Waals surface area contributed by atoms with Gasteiger partial charge in [-0.15, -0.1) is 0 Å². The fourth-order valence-corrected chi connectivity index (χ4v) is 3.41. The second kappa shape index (κ2) is 5.87. The summed E-state index contributed by atoms with van der Waals surface area (Å²) in [5.41, 5.74) is 1.52. The van der Waals surface area contributed by atoms with Crippen molar-refractivity contribution in [2.24, 2.45) is 0 Å². The molecule has 1 N–H and O–H groups in total. The Bertz CT molecular complexity index is 783. The van der Waals surface area contributed by atoms with E-state index in [9.17, 15) is 13.2 Å². The molecular formula is C15H14ClNO3S. The summed E-state index contributed by atoms with van der Waals surface area (Å²) >= 11 is 5.85. The van der Waals surface area contributed by atoms with Gasteiger partial charge < -0.3 is 0 Å². The lowest BCUT2D eigenvalue weighted by Gasteiger charge is -2.11. The van der Waals surface area contributed by atoms with Gasteiger partial charge in [0.2, 0.25) is 0 Å². The number of benzene rings is 2. The minimum absolute atomic E-state index is 0.0740. The van der Waals surface area contributed by atoms with Crippen LogP contribution in [0.1, 0.15) is 22.8 Å². The SMILES string of the molecule is CC(=O)c1ccc(NS(=O)(=O)c2cc(Cl)ccc2C)cc1. The molecule has 110 valence electrons. The third kappa shape index (κ3) is 3.62. The number of hydrogen-bond donors (Lipinski definition) is 1. The van der Waals surface area contributed by atoms with Crippen molar-refractivity contribution in [2.75, 3.05) is 4.72 Å². The lowest BCUT2D eigenvalue weighted by molar-refractivity contribution is 0.101. The number of hydrogen-bond acceptors (Lipinski definition) is 3. The van der Waals surface area contributed by atoms with Gasteiger partial charge in [0.05, 0.1) is 4.90 Å². The largest absolute Gasteiger partial charge is 0.295 e. The molecule has 6 heteroatoms. The maximum absolute atomic E-state index is 12.4. The maximum Gasteiger partial charge on any atom is 0.262 e. The van der Waals surface area contributed by atoms with Crippen molar-refractivity contribution in [2.45, 2.75) is 18.7 Å². The van der Waals surface area contributed by atoms with Crippen molar-refractivity contribution in [3.63, 3.8) is 0 Å². The summed E-state index contributed by atoms with van der Waals surface area (Å²) in [5.74, 6) is -0.0740. The molecule has 0 atom stereocenters. The number of nitrogens with one attached hydrogen (secondary N) is 1. The van der Waals surface area contributed by atoms with Gasteiger partial charge in [-0.05, 0) is 55.8 Å². The van der Waals surface area contributed by atoms with Crippen molar-refractivity contribution in [3.8, 4) is 0 Å². The smallest absolute Gasteiger partial charge is 0.262 e. The molecule has 0 aliphatic rings. The number of aryl methyl sites for hydroxylation is 1. The molecule has 0 unspecified atom stereocenters. The second-order valence-electron chi connectivity index (χ2n) is 4.65. The summed E-state index contributed by atoms with van der Waals surface area (Å²) in [7, 11) is -3.72. The number of ketones is 1. The van der Waals surface area contributed by atoms with Crippen LogP contribution in [0.2, 0.25) is 5.02 Å². The Morgan fingerprint density at radius 1 is 1.10 bits per heavy atom. The molecule has 0 heterocycles. The molecule has 0 saturated heterocycles. The molecule has 0 bridgehead atoms. The minimum Gasteiger partial charge on any atom is -0.295 e. The quantitative estimate of drug-likeness (QED) is 0.873. The normalized spacial score (nSPS) is 11.2. The average molecular weight is 324 g/mol. The molecule has 0 saturated carbocycles. The zero-order valence-corrected chi connectivity index (χ0v) is 13.1.